The van der Waals surface area contributed by atoms with E-state index in [1.165, 1.54) is 7.11 Å². The Balaban J connectivity index is 2.55. The summed E-state index contributed by atoms with van der Waals surface area (Å²) in [5, 5.41) is 18.2. The summed E-state index contributed by atoms with van der Waals surface area (Å²) in [5.41, 5.74) is 0. The van der Waals surface area contributed by atoms with Gasteiger partial charge in [-0.25, -0.2) is 0 Å². The minimum absolute atomic E-state index is 0.347. The standard InChI is InChI=1S/C6H12O4/c1-3-4(7)5(9-2)6(8)10-3/h3-8H,1-2H3/t3-,4-,5+,6?/m0/s1. The Labute approximate surface area is 59.4 Å². The molecule has 2 N–H and O–H groups in total. The average molecular weight is 148 g/mol. The van der Waals surface area contributed by atoms with Crippen molar-refractivity contribution < 1.29 is 19.7 Å². The second-order valence-corrected chi connectivity index (χ2v) is 2.42. The van der Waals surface area contributed by atoms with Gasteiger partial charge in [0, 0.05) is 7.11 Å². The minimum Gasteiger partial charge on any atom is -0.387 e. The SMILES string of the molecule is CO[C@H]1C(O)O[C@@H](C)[C@@H]1O. The molecule has 1 aliphatic heterocycles. The molecule has 0 saturated carbocycles. The van der Waals surface area contributed by atoms with Crippen molar-refractivity contribution >= 4 is 0 Å². The van der Waals surface area contributed by atoms with Crippen LogP contribution in [0.15, 0.2) is 0 Å². The average Bonchev–Trinajstić information content (AvgIpc) is 2.09. The second kappa shape index (κ2) is 2.84. The third-order valence-corrected chi connectivity index (χ3v) is 1.72. The van der Waals surface area contributed by atoms with Crippen molar-refractivity contribution in [1.29, 1.82) is 0 Å². The van der Waals surface area contributed by atoms with Crippen LogP contribution in [0.3, 0.4) is 0 Å². The van der Waals surface area contributed by atoms with E-state index in [1.807, 2.05) is 0 Å². The summed E-state index contributed by atoms with van der Waals surface area (Å²) in [5.74, 6) is 0. The second-order valence-electron chi connectivity index (χ2n) is 2.42. The van der Waals surface area contributed by atoms with Gasteiger partial charge in [-0.3, -0.25) is 0 Å². The van der Waals surface area contributed by atoms with Crippen molar-refractivity contribution in [2.75, 3.05) is 7.11 Å². The third kappa shape index (κ3) is 1.15. The van der Waals surface area contributed by atoms with Crippen molar-refractivity contribution in [2.45, 2.75) is 31.5 Å². The number of aliphatic hydroxyl groups is 2. The molecule has 10 heavy (non-hydrogen) atoms. The highest BCUT2D eigenvalue weighted by molar-refractivity contribution is 4.83. The van der Waals surface area contributed by atoms with Crippen LogP contribution < -0.4 is 0 Å². The molecular formula is C6H12O4. The first-order chi connectivity index (χ1) is 4.66. The Bertz CT molecular complexity index is 116. The summed E-state index contributed by atoms with van der Waals surface area (Å²) in [4.78, 5) is 0. The van der Waals surface area contributed by atoms with Gasteiger partial charge in [0.25, 0.3) is 0 Å². The van der Waals surface area contributed by atoms with Gasteiger partial charge in [0.2, 0.25) is 0 Å². The molecule has 0 amide bonds. The van der Waals surface area contributed by atoms with E-state index < -0.39 is 18.5 Å². The van der Waals surface area contributed by atoms with Crippen molar-refractivity contribution in [3.8, 4) is 0 Å². The summed E-state index contributed by atoms with van der Waals surface area (Å²) < 4.78 is 9.64. The molecule has 4 nitrogen and oxygen atoms in total. The predicted octanol–water partition coefficient (Wildman–Crippen LogP) is -0.901. The molecule has 1 aliphatic rings. The van der Waals surface area contributed by atoms with Gasteiger partial charge in [-0.05, 0) is 6.92 Å². The maximum Gasteiger partial charge on any atom is 0.184 e. The molecule has 60 valence electrons. The maximum absolute atomic E-state index is 9.22. The van der Waals surface area contributed by atoms with Gasteiger partial charge < -0.3 is 19.7 Å². The molecule has 1 fully saturated rings. The molecular weight excluding hydrogens is 136 g/mol. The molecule has 0 aromatic heterocycles. The first-order valence-corrected chi connectivity index (χ1v) is 3.21. The number of ether oxygens (including phenoxy) is 2. The van der Waals surface area contributed by atoms with Crippen molar-refractivity contribution in [3.05, 3.63) is 0 Å². The summed E-state index contributed by atoms with van der Waals surface area (Å²) in [6, 6.07) is 0. The van der Waals surface area contributed by atoms with Gasteiger partial charge >= 0.3 is 0 Å². The Hall–Kier alpha value is -0.160. The van der Waals surface area contributed by atoms with Crippen LogP contribution in [-0.2, 0) is 9.47 Å². The topological polar surface area (TPSA) is 58.9 Å². The lowest BCUT2D eigenvalue weighted by atomic mass is 10.2. The van der Waals surface area contributed by atoms with E-state index in [0.717, 1.165) is 0 Å². The van der Waals surface area contributed by atoms with E-state index >= 15 is 0 Å². The quantitative estimate of drug-likeness (QED) is 0.506. The van der Waals surface area contributed by atoms with Gasteiger partial charge in [0.1, 0.15) is 12.2 Å². The maximum atomic E-state index is 9.22. The van der Waals surface area contributed by atoms with Crippen LogP contribution in [0.25, 0.3) is 0 Å². The summed E-state index contributed by atoms with van der Waals surface area (Å²) in [7, 11) is 1.43. The van der Waals surface area contributed by atoms with Gasteiger partial charge in [0.05, 0.1) is 6.10 Å². The van der Waals surface area contributed by atoms with Crippen LogP contribution in [0.5, 0.6) is 0 Å². The zero-order valence-electron chi connectivity index (χ0n) is 6.02. The van der Waals surface area contributed by atoms with E-state index in [-0.39, 0.29) is 6.10 Å². The van der Waals surface area contributed by atoms with Crippen molar-refractivity contribution in [1.82, 2.24) is 0 Å². The lowest BCUT2D eigenvalue weighted by molar-refractivity contribution is -0.132. The van der Waals surface area contributed by atoms with Crippen LogP contribution >= 0.6 is 0 Å². The molecule has 4 atom stereocenters. The minimum atomic E-state index is -0.991. The van der Waals surface area contributed by atoms with E-state index in [2.05, 4.69) is 0 Å². The van der Waals surface area contributed by atoms with E-state index in [4.69, 9.17) is 14.6 Å². The van der Waals surface area contributed by atoms with Crippen LogP contribution in [0.2, 0.25) is 0 Å². The molecule has 0 aromatic rings. The van der Waals surface area contributed by atoms with Crippen LogP contribution in [0.4, 0.5) is 0 Å². The summed E-state index contributed by atoms with van der Waals surface area (Å²) in [6.45, 7) is 1.69. The molecule has 0 spiro atoms. The Morgan fingerprint density at radius 1 is 1.40 bits per heavy atom. The zero-order chi connectivity index (χ0) is 7.72. The van der Waals surface area contributed by atoms with Gasteiger partial charge in [-0.15, -0.1) is 0 Å². The number of hydrogen-bond donors (Lipinski definition) is 2. The lowest BCUT2D eigenvalue weighted by Crippen LogP contribution is -2.33. The fourth-order valence-corrected chi connectivity index (χ4v) is 1.07. The van der Waals surface area contributed by atoms with E-state index in [0.29, 0.717) is 0 Å². The fraction of sp³-hybridized carbons (Fsp3) is 1.00. The fourth-order valence-electron chi connectivity index (χ4n) is 1.07. The molecule has 0 aromatic carbocycles. The summed E-state index contributed by atoms with van der Waals surface area (Å²) >= 11 is 0. The monoisotopic (exact) mass is 148 g/mol. The van der Waals surface area contributed by atoms with E-state index in [9.17, 15) is 5.11 Å². The molecule has 0 radical (unpaired) electrons. The number of aliphatic hydroxyl groups excluding tert-OH is 2. The Morgan fingerprint density at radius 2 is 2.00 bits per heavy atom. The van der Waals surface area contributed by atoms with Gasteiger partial charge in [-0.1, -0.05) is 0 Å². The summed E-state index contributed by atoms with van der Waals surface area (Å²) in [6.07, 6.45) is -2.66. The first-order valence-electron chi connectivity index (χ1n) is 3.21. The van der Waals surface area contributed by atoms with Crippen LogP contribution in [0, 0.1) is 0 Å². The van der Waals surface area contributed by atoms with Crippen LogP contribution in [0.1, 0.15) is 6.92 Å². The molecule has 1 rings (SSSR count). The lowest BCUT2D eigenvalue weighted by Gasteiger charge is -2.13. The van der Waals surface area contributed by atoms with Crippen molar-refractivity contribution in [2.24, 2.45) is 0 Å². The molecule has 1 unspecified atom stereocenters. The number of rotatable bonds is 1. The van der Waals surface area contributed by atoms with E-state index in [1.54, 1.807) is 6.92 Å². The molecule has 4 heteroatoms. The smallest absolute Gasteiger partial charge is 0.184 e. The third-order valence-electron chi connectivity index (χ3n) is 1.72. The predicted molar refractivity (Wildman–Crippen MR) is 33.4 cm³/mol. The highest BCUT2D eigenvalue weighted by Crippen LogP contribution is 2.20. The number of methoxy groups -OCH3 is 1. The molecule has 1 heterocycles. The zero-order valence-corrected chi connectivity index (χ0v) is 6.02. The Kier molecular flexibility index (Phi) is 2.25. The highest BCUT2D eigenvalue weighted by Gasteiger charge is 2.40. The largest absolute Gasteiger partial charge is 0.387 e. The highest BCUT2D eigenvalue weighted by atomic mass is 16.7. The van der Waals surface area contributed by atoms with Gasteiger partial charge in [-0.2, -0.15) is 0 Å². The molecule has 0 bridgehead atoms. The Morgan fingerprint density at radius 3 is 2.20 bits per heavy atom. The van der Waals surface area contributed by atoms with Crippen LogP contribution in [-0.4, -0.2) is 41.9 Å². The van der Waals surface area contributed by atoms with Gasteiger partial charge in [0.15, 0.2) is 6.29 Å². The van der Waals surface area contributed by atoms with Crippen molar-refractivity contribution in [3.63, 3.8) is 0 Å². The number of hydrogen-bond acceptors (Lipinski definition) is 4. The first kappa shape index (κ1) is 7.94. The molecule has 0 aliphatic carbocycles. The molecule has 1 saturated heterocycles. The normalized spacial score (nSPS) is 48.0.